The van der Waals surface area contributed by atoms with Gasteiger partial charge in [0.15, 0.2) is 0 Å². The van der Waals surface area contributed by atoms with Gasteiger partial charge in [0.05, 0.1) is 5.41 Å². The van der Waals surface area contributed by atoms with Gasteiger partial charge in [0.1, 0.15) is 12.4 Å². The van der Waals surface area contributed by atoms with E-state index in [0.29, 0.717) is 0 Å². The van der Waals surface area contributed by atoms with Crippen LogP contribution >= 0.6 is 0 Å². The van der Waals surface area contributed by atoms with Crippen LogP contribution < -0.4 is 0 Å². The van der Waals surface area contributed by atoms with E-state index in [1.807, 2.05) is 0 Å². The average Bonchev–Trinajstić information content (AvgIpc) is 2.36. The first-order chi connectivity index (χ1) is 8.22. The summed E-state index contributed by atoms with van der Waals surface area (Å²) in [6, 6.07) is 0. The maximum Gasteiger partial charge on any atom is 0.331 e. The molecular formula is C14H18O3. The Hall–Kier alpha value is -1.38. The lowest BCUT2D eigenvalue weighted by atomic mass is 9.69. The Labute approximate surface area is 102 Å². The second-order valence-corrected chi connectivity index (χ2v) is 4.85. The molecule has 2 aliphatic rings. The van der Waals surface area contributed by atoms with Gasteiger partial charge in [0, 0.05) is 6.08 Å². The maximum absolute atomic E-state index is 11.5. The average molecular weight is 234 g/mol. The third-order valence-electron chi connectivity index (χ3n) is 3.69. The molecule has 92 valence electrons. The standard InChI is InChI=1S/C14H18O3/c1-2-3-8-14(10-15)9-4-5-11-6-7-12(16)17-13(11)14/h5-7,10,13H,2-4,8-9H2,1H3/t13-,14-/m1/s1. The number of ether oxygens (including phenoxy) is 1. The van der Waals surface area contributed by atoms with Crippen LogP contribution in [0.1, 0.15) is 39.0 Å². The number of carbonyl (C=O) groups is 2. The molecule has 0 radical (unpaired) electrons. The molecular weight excluding hydrogens is 216 g/mol. The summed E-state index contributed by atoms with van der Waals surface area (Å²) in [5, 5.41) is 0. The quantitative estimate of drug-likeness (QED) is 0.554. The zero-order valence-electron chi connectivity index (χ0n) is 10.1. The van der Waals surface area contributed by atoms with E-state index in [2.05, 4.69) is 13.0 Å². The number of rotatable bonds is 4. The van der Waals surface area contributed by atoms with E-state index in [1.54, 1.807) is 6.08 Å². The van der Waals surface area contributed by atoms with E-state index in [4.69, 9.17) is 4.74 Å². The number of esters is 1. The molecule has 0 amide bonds. The van der Waals surface area contributed by atoms with Crippen molar-refractivity contribution in [2.24, 2.45) is 5.41 Å². The highest BCUT2D eigenvalue weighted by atomic mass is 16.5. The Balaban J connectivity index is 2.28. The highest BCUT2D eigenvalue weighted by Gasteiger charge is 2.44. The molecule has 0 aromatic heterocycles. The third kappa shape index (κ3) is 2.19. The van der Waals surface area contributed by atoms with Gasteiger partial charge in [0.25, 0.3) is 0 Å². The van der Waals surface area contributed by atoms with Crippen molar-refractivity contribution >= 4 is 12.3 Å². The molecule has 3 heteroatoms. The van der Waals surface area contributed by atoms with Crippen LogP contribution in [0.2, 0.25) is 0 Å². The molecule has 0 aromatic rings. The molecule has 0 unspecified atom stereocenters. The molecule has 1 heterocycles. The van der Waals surface area contributed by atoms with Crippen LogP contribution in [0.4, 0.5) is 0 Å². The molecule has 17 heavy (non-hydrogen) atoms. The third-order valence-corrected chi connectivity index (χ3v) is 3.69. The van der Waals surface area contributed by atoms with E-state index in [9.17, 15) is 9.59 Å². The van der Waals surface area contributed by atoms with Gasteiger partial charge < -0.3 is 9.53 Å². The lowest BCUT2D eigenvalue weighted by Gasteiger charge is -2.40. The number of fused-ring (bicyclic) bond motifs is 1. The molecule has 0 aromatic carbocycles. The fourth-order valence-corrected chi connectivity index (χ4v) is 2.68. The van der Waals surface area contributed by atoms with E-state index in [1.165, 1.54) is 6.08 Å². The monoisotopic (exact) mass is 234 g/mol. The van der Waals surface area contributed by atoms with E-state index >= 15 is 0 Å². The van der Waals surface area contributed by atoms with Gasteiger partial charge in [-0.05, 0) is 30.9 Å². The van der Waals surface area contributed by atoms with Crippen molar-refractivity contribution in [3.8, 4) is 0 Å². The minimum atomic E-state index is -0.499. The van der Waals surface area contributed by atoms with Crippen LogP contribution in [0.3, 0.4) is 0 Å². The molecule has 0 fully saturated rings. The first kappa shape index (κ1) is 12.1. The second kappa shape index (κ2) is 4.86. The van der Waals surface area contributed by atoms with Gasteiger partial charge in [-0.1, -0.05) is 25.8 Å². The molecule has 2 rings (SSSR count). The molecule has 1 aliphatic heterocycles. The second-order valence-electron chi connectivity index (χ2n) is 4.85. The number of hydrogen-bond donors (Lipinski definition) is 0. The maximum atomic E-state index is 11.5. The summed E-state index contributed by atoms with van der Waals surface area (Å²) in [4.78, 5) is 22.8. The predicted molar refractivity (Wildman–Crippen MR) is 64.4 cm³/mol. The van der Waals surface area contributed by atoms with Crippen LogP contribution in [0.15, 0.2) is 23.8 Å². The first-order valence-electron chi connectivity index (χ1n) is 6.27. The Bertz CT molecular complexity index is 381. The van der Waals surface area contributed by atoms with E-state index in [-0.39, 0.29) is 12.1 Å². The Morgan fingerprint density at radius 3 is 3.06 bits per heavy atom. The van der Waals surface area contributed by atoms with Crippen LogP contribution in [0.25, 0.3) is 0 Å². The Morgan fingerprint density at radius 1 is 1.53 bits per heavy atom. The van der Waals surface area contributed by atoms with Crippen molar-refractivity contribution in [2.75, 3.05) is 0 Å². The summed E-state index contributed by atoms with van der Waals surface area (Å²) in [6.45, 7) is 2.10. The fraction of sp³-hybridized carbons (Fsp3) is 0.571. The lowest BCUT2D eigenvalue weighted by Crippen LogP contribution is -2.44. The van der Waals surface area contributed by atoms with Gasteiger partial charge in [-0.2, -0.15) is 0 Å². The van der Waals surface area contributed by atoms with Crippen LogP contribution in [0.5, 0.6) is 0 Å². The summed E-state index contributed by atoms with van der Waals surface area (Å²) in [5.41, 5.74) is 0.486. The summed E-state index contributed by atoms with van der Waals surface area (Å²) in [7, 11) is 0. The molecule has 0 saturated heterocycles. The van der Waals surface area contributed by atoms with Gasteiger partial charge in [-0.25, -0.2) is 4.79 Å². The summed E-state index contributed by atoms with van der Waals surface area (Å²) in [6.07, 6.45) is 10.4. The van der Waals surface area contributed by atoms with Crippen LogP contribution in [-0.4, -0.2) is 18.4 Å². The zero-order valence-corrected chi connectivity index (χ0v) is 10.1. The van der Waals surface area contributed by atoms with Gasteiger partial charge in [-0.3, -0.25) is 0 Å². The van der Waals surface area contributed by atoms with Crippen LogP contribution in [-0.2, 0) is 14.3 Å². The lowest BCUT2D eigenvalue weighted by molar-refractivity contribution is -0.151. The molecule has 0 saturated carbocycles. The fourth-order valence-electron chi connectivity index (χ4n) is 2.68. The minimum absolute atomic E-state index is 0.336. The Kier molecular flexibility index (Phi) is 3.46. The van der Waals surface area contributed by atoms with Crippen molar-refractivity contribution in [1.82, 2.24) is 0 Å². The zero-order chi connectivity index (χ0) is 12.3. The van der Waals surface area contributed by atoms with Crippen molar-refractivity contribution in [3.05, 3.63) is 23.8 Å². The van der Waals surface area contributed by atoms with Gasteiger partial charge in [0.2, 0.25) is 0 Å². The van der Waals surface area contributed by atoms with Gasteiger partial charge >= 0.3 is 5.97 Å². The molecule has 0 bridgehead atoms. The summed E-state index contributed by atoms with van der Waals surface area (Å²) < 4.78 is 5.37. The molecule has 0 spiro atoms. The summed E-state index contributed by atoms with van der Waals surface area (Å²) >= 11 is 0. The van der Waals surface area contributed by atoms with Crippen LogP contribution in [0, 0.1) is 5.41 Å². The highest BCUT2D eigenvalue weighted by Crippen LogP contribution is 2.42. The van der Waals surface area contributed by atoms with Crippen molar-refractivity contribution in [2.45, 2.75) is 45.1 Å². The number of allylic oxidation sites excluding steroid dienone is 1. The smallest absolute Gasteiger partial charge is 0.331 e. The number of aldehydes is 1. The van der Waals surface area contributed by atoms with Crippen molar-refractivity contribution in [3.63, 3.8) is 0 Å². The minimum Gasteiger partial charge on any atom is -0.453 e. The molecule has 1 aliphatic carbocycles. The molecule has 2 atom stereocenters. The Morgan fingerprint density at radius 2 is 2.35 bits per heavy atom. The van der Waals surface area contributed by atoms with Crippen molar-refractivity contribution in [1.29, 1.82) is 0 Å². The number of unbranched alkanes of at least 4 members (excludes halogenated alkanes) is 1. The van der Waals surface area contributed by atoms with Gasteiger partial charge in [-0.15, -0.1) is 0 Å². The largest absolute Gasteiger partial charge is 0.453 e. The SMILES string of the molecule is CCCC[C@]1(C=O)CCC=C2C=CC(=O)O[C@H]21. The predicted octanol–water partition coefficient (Wildman–Crippen LogP) is 2.56. The highest BCUT2D eigenvalue weighted by molar-refractivity contribution is 5.85. The topological polar surface area (TPSA) is 43.4 Å². The summed E-state index contributed by atoms with van der Waals surface area (Å²) in [5.74, 6) is -0.336. The number of hydrogen-bond acceptors (Lipinski definition) is 3. The number of carbonyl (C=O) groups excluding carboxylic acids is 2. The van der Waals surface area contributed by atoms with Crippen molar-refractivity contribution < 1.29 is 14.3 Å². The first-order valence-corrected chi connectivity index (χ1v) is 6.27. The van der Waals surface area contributed by atoms with E-state index < -0.39 is 5.41 Å². The van der Waals surface area contributed by atoms with E-state index in [0.717, 1.165) is 44.0 Å². The molecule has 3 nitrogen and oxygen atoms in total. The normalized spacial score (nSPS) is 31.5. The molecule has 0 N–H and O–H groups in total.